The van der Waals surface area contributed by atoms with Gasteiger partial charge in [-0.1, -0.05) is 17.8 Å². The molecule has 0 amide bonds. The van der Waals surface area contributed by atoms with Gasteiger partial charge in [0.25, 0.3) is 0 Å². The Morgan fingerprint density at radius 3 is 2.21 bits per heavy atom. The van der Waals surface area contributed by atoms with Crippen LogP contribution in [-0.4, -0.2) is 19.0 Å². The second kappa shape index (κ2) is 6.17. The predicted molar refractivity (Wildman–Crippen MR) is 74.3 cm³/mol. The summed E-state index contributed by atoms with van der Waals surface area (Å²) in [7, 11) is 3.94. The van der Waals surface area contributed by atoms with Crippen LogP contribution in [0.2, 0.25) is 0 Å². The fourth-order valence-electron chi connectivity index (χ4n) is 1.72. The van der Waals surface area contributed by atoms with Crippen molar-refractivity contribution in [2.45, 2.75) is 16.3 Å². The highest BCUT2D eigenvalue weighted by atomic mass is 32.2. The lowest BCUT2D eigenvalue weighted by molar-refractivity contribution is 0.398. The van der Waals surface area contributed by atoms with Gasteiger partial charge in [-0.05, 0) is 56.1 Å². The lowest BCUT2D eigenvalue weighted by Crippen LogP contribution is -2.11. The van der Waals surface area contributed by atoms with Crippen molar-refractivity contribution in [2.24, 2.45) is 0 Å². The van der Waals surface area contributed by atoms with E-state index in [0.717, 1.165) is 21.9 Å². The van der Waals surface area contributed by atoms with Crippen LogP contribution in [0.25, 0.3) is 0 Å². The lowest BCUT2D eigenvalue weighted by Gasteiger charge is -2.14. The number of nitrogens with zero attached hydrogens (tertiary/aromatic N) is 1. The molecular weight excluding hydrogens is 264 g/mol. The highest BCUT2D eigenvalue weighted by Crippen LogP contribution is 2.31. The molecule has 0 saturated carbocycles. The largest absolute Gasteiger partial charge is 0.305 e. The van der Waals surface area contributed by atoms with E-state index in [1.165, 1.54) is 36.0 Å². The van der Waals surface area contributed by atoms with Crippen LogP contribution >= 0.6 is 11.8 Å². The van der Waals surface area contributed by atoms with Crippen molar-refractivity contribution in [3.05, 3.63) is 59.7 Å². The molecule has 4 heteroatoms. The summed E-state index contributed by atoms with van der Waals surface area (Å²) < 4.78 is 26.2. The van der Waals surface area contributed by atoms with Gasteiger partial charge >= 0.3 is 0 Å². The van der Waals surface area contributed by atoms with Crippen molar-refractivity contribution in [3.63, 3.8) is 0 Å². The average Bonchev–Trinajstić information content (AvgIpc) is 2.35. The normalized spacial score (nSPS) is 11.0. The molecule has 2 aromatic carbocycles. The molecule has 2 aromatic rings. The van der Waals surface area contributed by atoms with Crippen molar-refractivity contribution in [1.29, 1.82) is 0 Å². The molecule has 0 aliphatic heterocycles. The van der Waals surface area contributed by atoms with Crippen LogP contribution in [0.3, 0.4) is 0 Å². The maximum atomic E-state index is 13.4. The first-order valence-corrected chi connectivity index (χ1v) is 6.73. The molecule has 2 rings (SSSR count). The third-order valence-electron chi connectivity index (χ3n) is 2.56. The van der Waals surface area contributed by atoms with Gasteiger partial charge in [0, 0.05) is 16.3 Å². The quantitative estimate of drug-likeness (QED) is 0.826. The summed E-state index contributed by atoms with van der Waals surface area (Å²) in [6, 6.07) is 11.0. The van der Waals surface area contributed by atoms with Crippen molar-refractivity contribution < 1.29 is 8.78 Å². The van der Waals surface area contributed by atoms with E-state index in [2.05, 4.69) is 0 Å². The molecule has 0 saturated heterocycles. The van der Waals surface area contributed by atoms with Crippen LogP contribution in [0, 0.1) is 11.6 Å². The highest BCUT2D eigenvalue weighted by Gasteiger charge is 2.07. The number of hydrogen-bond acceptors (Lipinski definition) is 2. The maximum absolute atomic E-state index is 13.4. The first-order valence-electron chi connectivity index (χ1n) is 5.91. The Balaban J connectivity index is 2.27. The second-order valence-corrected chi connectivity index (χ2v) is 5.66. The number of benzene rings is 2. The third-order valence-corrected chi connectivity index (χ3v) is 3.67. The number of rotatable bonds is 4. The second-order valence-electron chi connectivity index (χ2n) is 4.55. The van der Waals surface area contributed by atoms with Gasteiger partial charge in [0.15, 0.2) is 0 Å². The van der Waals surface area contributed by atoms with Crippen LogP contribution in [0.4, 0.5) is 8.78 Å². The minimum atomic E-state index is -0.267. The summed E-state index contributed by atoms with van der Waals surface area (Å²) in [5.74, 6) is -0.524. The summed E-state index contributed by atoms with van der Waals surface area (Å²) >= 11 is 1.45. The van der Waals surface area contributed by atoms with Crippen molar-refractivity contribution in [2.75, 3.05) is 14.1 Å². The van der Waals surface area contributed by atoms with E-state index >= 15 is 0 Å². The summed E-state index contributed by atoms with van der Waals surface area (Å²) in [4.78, 5) is 3.79. The summed E-state index contributed by atoms with van der Waals surface area (Å²) in [6.45, 7) is 0.740. The van der Waals surface area contributed by atoms with Crippen LogP contribution in [-0.2, 0) is 6.54 Å². The Hall–Kier alpha value is -1.39. The van der Waals surface area contributed by atoms with Gasteiger partial charge in [0.2, 0.25) is 0 Å². The topological polar surface area (TPSA) is 3.24 Å². The summed E-state index contributed by atoms with van der Waals surface area (Å²) in [5.41, 5.74) is 1.06. The van der Waals surface area contributed by atoms with Gasteiger partial charge in [-0.15, -0.1) is 0 Å². The Kier molecular flexibility index (Phi) is 4.56. The molecule has 100 valence electrons. The molecule has 19 heavy (non-hydrogen) atoms. The van der Waals surface area contributed by atoms with Crippen molar-refractivity contribution in [3.8, 4) is 0 Å². The fourth-order valence-corrected chi connectivity index (χ4v) is 2.69. The summed E-state index contributed by atoms with van der Waals surface area (Å²) in [5, 5.41) is 0. The average molecular weight is 279 g/mol. The molecule has 0 spiro atoms. The van der Waals surface area contributed by atoms with Gasteiger partial charge in [-0.3, -0.25) is 0 Å². The van der Waals surface area contributed by atoms with Crippen molar-refractivity contribution in [1.82, 2.24) is 4.90 Å². The number of halogens is 2. The van der Waals surface area contributed by atoms with Gasteiger partial charge in [0.1, 0.15) is 11.6 Å². The predicted octanol–water partition coefficient (Wildman–Crippen LogP) is 4.18. The zero-order valence-corrected chi connectivity index (χ0v) is 11.7. The van der Waals surface area contributed by atoms with Crippen LogP contribution < -0.4 is 0 Å². The molecule has 0 fully saturated rings. The molecular formula is C15H15F2NS. The molecule has 0 bridgehead atoms. The van der Waals surface area contributed by atoms with Crippen LogP contribution in [0.5, 0.6) is 0 Å². The lowest BCUT2D eigenvalue weighted by atomic mass is 10.2. The van der Waals surface area contributed by atoms with E-state index in [0.29, 0.717) is 0 Å². The first-order chi connectivity index (χ1) is 9.04. The van der Waals surface area contributed by atoms with E-state index in [1.54, 1.807) is 18.2 Å². The van der Waals surface area contributed by atoms with E-state index < -0.39 is 0 Å². The van der Waals surface area contributed by atoms with Crippen LogP contribution in [0.15, 0.2) is 52.3 Å². The molecule has 0 aromatic heterocycles. The Bertz CT molecular complexity index is 553. The monoisotopic (exact) mass is 279 g/mol. The zero-order chi connectivity index (χ0) is 13.8. The Morgan fingerprint density at radius 2 is 1.58 bits per heavy atom. The molecule has 0 atom stereocenters. The molecule has 0 heterocycles. The standard InChI is InChI=1S/C15H15F2NS/c1-18(2)10-11-3-4-13(17)9-15(11)19-14-7-5-12(16)6-8-14/h3-9H,10H2,1-2H3. The molecule has 0 unspecified atom stereocenters. The van der Waals surface area contributed by atoms with Crippen LogP contribution in [0.1, 0.15) is 5.56 Å². The first kappa shape index (κ1) is 14.0. The Morgan fingerprint density at radius 1 is 0.947 bits per heavy atom. The Labute approximate surface area is 116 Å². The summed E-state index contributed by atoms with van der Waals surface area (Å²) in [6.07, 6.45) is 0. The van der Waals surface area contributed by atoms with E-state index in [4.69, 9.17) is 0 Å². The van der Waals surface area contributed by atoms with E-state index in [9.17, 15) is 8.78 Å². The minimum absolute atomic E-state index is 0.257. The van der Waals surface area contributed by atoms with Gasteiger partial charge < -0.3 is 4.90 Å². The molecule has 0 N–H and O–H groups in total. The zero-order valence-electron chi connectivity index (χ0n) is 10.9. The SMILES string of the molecule is CN(C)Cc1ccc(F)cc1Sc1ccc(F)cc1. The minimum Gasteiger partial charge on any atom is -0.305 e. The molecule has 0 radical (unpaired) electrons. The molecule has 0 aliphatic carbocycles. The van der Waals surface area contributed by atoms with Gasteiger partial charge in [-0.2, -0.15) is 0 Å². The highest BCUT2D eigenvalue weighted by molar-refractivity contribution is 7.99. The number of hydrogen-bond donors (Lipinski definition) is 0. The van der Waals surface area contributed by atoms with E-state index in [-0.39, 0.29) is 11.6 Å². The maximum Gasteiger partial charge on any atom is 0.124 e. The molecule has 0 aliphatic rings. The van der Waals surface area contributed by atoms with Gasteiger partial charge in [0.05, 0.1) is 0 Å². The van der Waals surface area contributed by atoms with E-state index in [1.807, 2.05) is 19.0 Å². The molecule has 1 nitrogen and oxygen atoms in total. The van der Waals surface area contributed by atoms with Gasteiger partial charge in [-0.25, -0.2) is 8.78 Å². The van der Waals surface area contributed by atoms with Crippen molar-refractivity contribution >= 4 is 11.8 Å². The third kappa shape index (κ3) is 4.04. The smallest absolute Gasteiger partial charge is 0.124 e. The fraction of sp³-hybridized carbons (Fsp3) is 0.200.